The van der Waals surface area contributed by atoms with Crippen LogP contribution >= 0.6 is 23.2 Å². The average molecular weight is 277 g/mol. The number of hydrogen-bond donors (Lipinski definition) is 1. The zero-order valence-corrected chi connectivity index (χ0v) is 11.8. The molecule has 0 amide bonds. The summed E-state index contributed by atoms with van der Waals surface area (Å²) in [4.78, 5) is 0. The van der Waals surface area contributed by atoms with Gasteiger partial charge in [0, 0.05) is 6.61 Å². The van der Waals surface area contributed by atoms with Crippen molar-refractivity contribution in [1.82, 2.24) is 0 Å². The van der Waals surface area contributed by atoms with E-state index in [0.717, 1.165) is 5.56 Å². The van der Waals surface area contributed by atoms with Gasteiger partial charge in [0.2, 0.25) is 0 Å². The molecule has 0 spiro atoms. The van der Waals surface area contributed by atoms with Crippen LogP contribution in [0, 0.1) is 5.92 Å². The van der Waals surface area contributed by atoms with Gasteiger partial charge in [0.25, 0.3) is 0 Å². The number of benzene rings is 1. The van der Waals surface area contributed by atoms with Crippen molar-refractivity contribution in [3.63, 3.8) is 0 Å². The lowest BCUT2D eigenvalue weighted by Crippen LogP contribution is -2.27. The summed E-state index contributed by atoms with van der Waals surface area (Å²) >= 11 is 11.8. The molecule has 0 saturated heterocycles. The van der Waals surface area contributed by atoms with Crippen LogP contribution < -0.4 is 0 Å². The van der Waals surface area contributed by atoms with E-state index in [-0.39, 0.29) is 12.0 Å². The van der Waals surface area contributed by atoms with E-state index in [1.165, 1.54) is 0 Å². The van der Waals surface area contributed by atoms with E-state index in [4.69, 9.17) is 27.9 Å². The summed E-state index contributed by atoms with van der Waals surface area (Å²) in [5.74, 6) is 0.222. The van der Waals surface area contributed by atoms with Crippen molar-refractivity contribution in [2.24, 2.45) is 5.92 Å². The Morgan fingerprint density at radius 3 is 2.35 bits per heavy atom. The van der Waals surface area contributed by atoms with Gasteiger partial charge in [-0.25, -0.2) is 0 Å². The molecule has 2 atom stereocenters. The molecule has 0 fully saturated rings. The highest BCUT2D eigenvalue weighted by Crippen LogP contribution is 2.29. The minimum absolute atomic E-state index is 0.222. The van der Waals surface area contributed by atoms with E-state index in [1.807, 2.05) is 20.8 Å². The van der Waals surface area contributed by atoms with E-state index in [9.17, 15) is 5.11 Å². The monoisotopic (exact) mass is 276 g/mol. The average Bonchev–Trinajstić information content (AvgIpc) is 2.28. The molecule has 1 N–H and O–H groups in total. The molecule has 0 aromatic heterocycles. The molecule has 96 valence electrons. The molecule has 0 aliphatic rings. The molecule has 1 rings (SSSR count). The number of aliphatic hydroxyl groups is 1. The van der Waals surface area contributed by atoms with Crippen LogP contribution in [-0.2, 0) is 4.74 Å². The first kappa shape index (κ1) is 14.8. The molecule has 1 aromatic carbocycles. The second-order valence-electron chi connectivity index (χ2n) is 4.28. The molecule has 2 nitrogen and oxygen atoms in total. The third kappa shape index (κ3) is 3.85. The highest BCUT2D eigenvalue weighted by Gasteiger charge is 2.24. The van der Waals surface area contributed by atoms with Crippen molar-refractivity contribution in [2.75, 3.05) is 6.61 Å². The van der Waals surface area contributed by atoms with Crippen LogP contribution in [0.3, 0.4) is 0 Å². The summed E-state index contributed by atoms with van der Waals surface area (Å²) < 4.78 is 5.56. The summed E-state index contributed by atoms with van der Waals surface area (Å²) in [7, 11) is 0. The van der Waals surface area contributed by atoms with Crippen LogP contribution in [0.5, 0.6) is 0 Å². The fourth-order valence-corrected chi connectivity index (χ4v) is 2.03. The summed E-state index contributed by atoms with van der Waals surface area (Å²) in [6.07, 6.45) is -0.929. The van der Waals surface area contributed by atoms with Gasteiger partial charge in [-0.15, -0.1) is 0 Å². The molecule has 0 saturated carbocycles. The Morgan fingerprint density at radius 1 is 1.24 bits per heavy atom. The lowest BCUT2D eigenvalue weighted by molar-refractivity contribution is -0.0585. The van der Waals surface area contributed by atoms with Crippen LogP contribution in [0.15, 0.2) is 18.2 Å². The van der Waals surface area contributed by atoms with Crippen molar-refractivity contribution in [3.05, 3.63) is 33.8 Å². The lowest BCUT2D eigenvalue weighted by atomic mass is 9.96. The molecule has 0 heterocycles. The van der Waals surface area contributed by atoms with Gasteiger partial charge in [0.1, 0.15) is 6.10 Å². The molecule has 0 aliphatic carbocycles. The number of rotatable bonds is 5. The number of aliphatic hydroxyl groups excluding tert-OH is 1. The molecular weight excluding hydrogens is 259 g/mol. The largest absolute Gasteiger partial charge is 0.386 e. The quantitative estimate of drug-likeness (QED) is 0.878. The second kappa shape index (κ2) is 6.60. The molecule has 4 heteroatoms. The predicted molar refractivity (Wildman–Crippen MR) is 71.7 cm³/mol. The summed E-state index contributed by atoms with van der Waals surface area (Å²) in [6, 6.07) is 5.14. The third-order valence-corrected chi connectivity index (χ3v) is 3.35. The smallest absolute Gasteiger partial charge is 0.105 e. The predicted octanol–water partition coefficient (Wildman–Crippen LogP) is 4.09. The van der Waals surface area contributed by atoms with Crippen LogP contribution in [0.25, 0.3) is 0 Å². The topological polar surface area (TPSA) is 29.5 Å². The maximum atomic E-state index is 10.3. The first-order chi connectivity index (χ1) is 7.97. The van der Waals surface area contributed by atoms with Gasteiger partial charge in [-0.2, -0.15) is 0 Å². The van der Waals surface area contributed by atoms with Gasteiger partial charge in [0.15, 0.2) is 0 Å². The Balaban J connectivity index is 2.92. The zero-order valence-electron chi connectivity index (χ0n) is 10.3. The van der Waals surface area contributed by atoms with Gasteiger partial charge >= 0.3 is 0 Å². The lowest BCUT2D eigenvalue weighted by Gasteiger charge is -2.26. The van der Waals surface area contributed by atoms with Gasteiger partial charge < -0.3 is 9.84 Å². The van der Waals surface area contributed by atoms with Crippen LogP contribution in [-0.4, -0.2) is 17.8 Å². The molecular formula is C13H18Cl2O2. The number of ether oxygens (including phenoxy) is 1. The summed E-state index contributed by atoms with van der Waals surface area (Å²) in [6.45, 7) is 6.51. The zero-order chi connectivity index (χ0) is 13.0. The van der Waals surface area contributed by atoms with Crippen molar-refractivity contribution in [1.29, 1.82) is 0 Å². The van der Waals surface area contributed by atoms with E-state index in [1.54, 1.807) is 18.2 Å². The molecule has 17 heavy (non-hydrogen) atoms. The fraction of sp³-hybridized carbons (Fsp3) is 0.538. The summed E-state index contributed by atoms with van der Waals surface area (Å²) in [5, 5.41) is 11.2. The normalized spacial score (nSPS) is 15.0. The van der Waals surface area contributed by atoms with E-state index < -0.39 is 6.10 Å². The fourth-order valence-electron chi connectivity index (χ4n) is 1.73. The molecule has 0 radical (unpaired) electrons. The molecule has 2 unspecified atom stereocenters. The van der Waals surface area contributed by atoms with E-state index in [2.05, 4.69) is 0 Å². The second-order valence-corrected chi connectivity index (χ2v) is 5.10. The Bertz CT molecular complexity index is 366. The van der Waals surface area contributed by atoms with Gasteiger partial charge in [-0.1, -0.05) is 43.1 Å². The Kier molecular flexibility index (Phi) is 5.74. The maximum Gasteiger partial charge on any atom is 0.105 e. The SMILES string of the molecule is CCOC(C(C)C)C(O)c1ccc(Cl)c(Cl)c1. The van der Waals surface area contributed by atoms with Gasteiger partial charge in [-0.05, 0) is 30.5 Å². The van der Waals surface area contributed by atoms with Crippen molar-refractivity contribution in [2.45, 2.75) is 33.0 Å². The Morgan fingerprint density at radius 2 is 1.88 bits per heavy atom. The maximum absolute atomic E-state index is 10.3. The highest BCUT2D eigenvalue weighted by atomic mass is 35.5. The molecule has 0 bridgehead atoms. The van der Waals surface area contributed by atoms with Gasteiger partial charge in [0.05, 0.1) is 16.1 Å². The van der Waals surface area contributed by atoms with Crippen molar-refractivity contribution >= 4 is 23.2 Å². The molecule has 1 aromatic rings. The minimum atomic E-state index is -0.690. The van der Waals surface area contributed by atoms with E-state index in [0.29, 0.717) is 16.7 Å². The summed E-state index contributed by atoms with van der Waals surface area (Å²) in [5.41, 5.74) is 0.728. The van der Waals surface area contributed by atoms with Gasteiger partial charge in [-0.3, -0.25) is 0 Å². The number of halogens is 2. The van der Waals surface area contributed by atoms with Crippen LogP contribution in [0.1, 0.15) is 32.4 Å². The van der Waals surface area contributed by atoms with Crippen LogP contribution in [0.2, 0.25) is 10.0 Å². The molecule has 0 aliphatic heterocycles. The Labute approximate surface area is 113 Å². The number of hydrogen-bond acceptors (Lipinski definition) is 2. The van der Waals surface area contributed by atoms with Crippen molar-refractivity contribution < 1.29 is 9.84 Å². The highest BCUT2D eigenvalue weighted by molar-refractivity contribution is 6.42. The van der Waals surface area contributed by atoms with Crippen molar-refractivity contribution in [3.8, 4) is 0 Å². The Hall–Kier alpha value is -0.280. The third-order valence-electron chi connectivity index (χ3n) is 2.61. The van der Waals surface area contributed by atoms with Crippen LogP contribution in [0.4, 0.5) is 0 Å². The minimum Gasteiger partial charge on any atom is -0.386 e. The standard InChI is InChI=1S/C13H18Cl2O2/c1-4-17-13(8(2)3)12(16)9-5-6-10(14)11(15)7-9/h5-8,12-13,16H,4H2,1-3H3. The first-order valence-electron chi connectivity index (χ1n) is 5.72. The van der Waals surface area contributed by atoms with E-state index >= 15 is 0 Å². The first-order valence-corrected chi connectivity index (χ1v) is 6.47.